The van der Waals surface area contributed by atoms with Gasteiger partial charge in [-0.1, -0.05) is 6.07 Å². The van der Waals surface area contributed by atoms with Gasteiger partial charge in [0.25, 0.3) is 5.91 Å². The number of rotatable bonds is 6. The van der Waals surface area contributed by atoms with Crippen LogP contribution in [-0.2, 0) is 9.84 Å². The van der Waals surface area contributed by atoms with Gasteiger partial charge in [-0.05, 0) is 74.7 Å². The number of fused-ring (bicyclic) bond motifs is 1. The van der Waals surface area contributed by atoms with Crippen LogP contribution in [0.1, 0.15) is 39.6 Å². The van der Waals surface area contributed by atoms with Crippen LogP contribution >= 0.6 is 0 Å². The topological polar surface area (TPSA) is 112 Å². The molecule has 198 valence electrons. The van der Waals surface area contributed by atoms with Crippen molar-refractivity contribution in [3.05, 3.63) is 64.8 Å². The number of ether oxygens (including phenoxy) is 2. The molecule has 1 unspecified atom stereocenters. The summed E-state index contributed by atoms with van der Waals surface area (Å²) in [5, 5.41) is 8.28. The van der Waals surface area contributed by atoms with Crippen LogP contribution in [0.2, 0.25) is 0 Å². The van der Waals surface area contributed by atoms with Gasteiger partial charge >= 0.3 is 0 Å². The van der Waals surface area contributed by atoms with Crippen molar-refractivity contribution in [2.45, 2.75) is 33.2 Å². The summed E-state index contributed by atoms with van der Waals surface area (Å²) in [5.74, 6) is 0.897. The Bertz CT molecular complexity index is 1680. The number of pyridine rings is 1. The number of anilines is 1. The third-order valence-corrected chi connectivity index (χ3v) is 8.83. The van der Waals surface area contributed by atoms with Gasteiger partial charge in [-0.15, -0.1) is 0 Å². The Morgan fingerprint density at radius 3 is 2.42 bits per heavy atom. The van der Waals surface area contributed by atoms with Gasteiger partial charge in [0.15, 0.2) is 27.0 Å². The van der Waals surface area contributed by atoms with Crippen LogP contribution in [-0.4, -0.2) is 54.8 Å². The first-order chi connectivity index (χ1) is 18.1. The largest absolute Gasteiger partial charge is 0.493 e. The number of carbonyl (C=O) groups excluding carboxylic acids is 1. The third kappa shape index (κ3) is 4.71. The van der Waals surface area contributed by atoms with Gasteiger partial charge < -0.3 is 14.8 Å². The highest BCUT2D eigenvalue weighted by Gasteiger charge is 2.32. The summed E-state index contributed by atoms with van der Waals surface area (Å²) in [7, 11) is -0.0364. The average molecular weight is 535 g/mol. The molecule has 1 saturated heterocycles. The summed E-state index contributed by atoms with van der Waals surface area (Å²) in [4.78, 5) is 18.6. The summed E-state index contributed by atoms with van der Waals surface area (Å²) in [5.41, 5.74) is 5.63. The first-order valence-electron chi connectivity index (χ1n) is 12.3. The molecule has 2 aromatic carbocycles. The summed E-state index contributed by atoms with van der Waals surface area (Å²) in [6.45, 7) is 5.82. The molecule has 0 radical (unpaired) electrons. The fourth-order valence-corrected chi connectivity index (χ4v) is 6.57. The lowest BCUT2D eigenvalue weighted by atomic mass is 10.0. The van der Waals surface area contributed by atoms with Crippen LogP contribution in [0.3, 0.4) is 0 Å². The number of nitrogens with one attached hydrogen (secondary N) is 1. The predicted octanol–water partition coefficient (Wildman–Crippen LogP) is 4.65. The molecule has 5 rings (SSSR count). The van der Waals surface area contributed by atoms with E-state index in [4.69, 9.17) is 14.5 Å². The molecule has 1 atom stereocenters. The SMILES string of the molecule is COc1ccc(-c2cc(C(=O)Nc3ccc(C)c(C)c3)c3c(C)nn(C4CCS(=O)(=O)C4)c3n2)cc1OC. The smallest absolute Gasteiger partial charge is 0.256 e. The highest BCUT2D eigenvalue weighted by molar-refractivity contribution is 7.91. The van der Waals surface area contributed by atoms with Crippen molar-refractivity contribution in [1.82, 2.24) is 14.8 Å². The molecule has 1 aliphatic rings. The Kier molecular flexibility index (Phi) is 6.60. The lowest BCUT2D eigenvalue weighted by Crippen LogP contribution is -2.15. The van der Waals surface area contributed by atoms with E-state index in [9.17, 15) is 13.2 Å². The van der Waals surface area contributed by atoms with Gasteiger partial charge in [-0.2, -0.15) is 5.10 Å². The van der Waals surface area contributed by atoms with Gasteiger partial charge in [0.1, 0.15) is 0 Å². The Labute approximate surface area is 221 Å². The maximum absolute atomic E-state index is 13.7. The van der Waals surface area contributed by atoms with Crippen molar-refractivity contribution in [2.24, 2.45) is 0 Å². The lowest BCUT2D eigenvalue weighted by Gasteiger charge is -2.14. The summed E-state index contributed by atoms with van der Waals surface area (Å²) in [6.07, 6.45) is 0.449. The number of benzene rings is 2. The molecule has 1 amide bonds. The molecule has 4 aromatic rings. The second kappa shape index (κ2) is 9.75. The Morgan fingerprint density at radius 1 is 1.00 bits per heavy atom. The van der Waals surface area contributed by atoms with E-state index in [0.29, 0.717) is 57.2 Å². The predicted molar refractivity (Wildman–Crippen MR) is 147 cm³/mol. The fraction of sp³-hybridized carbons (Fsp3) is 0.321. The number of nitrogens with zero attached hydrogens (tertiary/aromatic N) is 3. The van der Waals surface area contributed by atoms with Crippen molar-refractivity contribution in [3.63, 3.8) is 0 Å². The minimum absolute atomic E-state index is 0.00431. The molecule has 38 heavy (non-hydrogen) atoms. The van der Waals surface area contributed by atoms with E-state index in [1.54, 1.807) is 37.1 Å². The Balaban J connectivity index is 1.68. The zero-order valence-electron chi connectivity index (χ0n) is 22.0. The van der Waals surface area contributed by atoms with Crippen molar-refractivity contribution >= 4 is 32.5 Å². The van der Waals surface area contributed by atoms with Gasteiger partial charge in [-0.3, -0.25) is 4.79 Å². The van der Waals surface area contributed by atoms with E-state index in [1.165, 1.54) is 0 Å². The Hall–Kier alpha value is -3.92. The number of hydrogen-bond donors (Lipinski definition) is 1. The lowest BCUT2D eigenvalue weighted by molar-refractivity contribution is 0.102. The number of aromatic nitrogens is 3. The molecule has 1 aliphatic heterocycles. The van der Waals surface area contributed by atoms with Crippen molar-refractivity contribution in [1.29, 1.82) is 0 Å². The molecule has 3 heterocycles. The van der Waals surface area contributed by atoms with E-state index in [2.05, 4.69) is 10.4 Å². The molecule has 1 fully saturated rings. The molecule has 9 nitrogen and oxygen atoms in total. The number of carbonyl (C=O) groups is 1. The minimum atomic E-state index is -3.16. The molecule has 0 aliphatic carbocycles. The second-order valence-electron chi connectivity index (χ2n) is 9.66. The number of aryl methyl sites for hydroxylation is 3. The molecule has 2 aromatic heterocycles. The average Bonchev–Trinajstić information content (AvgIpc) is 3.43. The van der Waals surface area contributed by atoms with Crippen LogP contribution in [0, 0.1) is 20.8 Å². The van der Waals surface area contributed by atoms with Crippen molar-refractivity contribution in [2.75, 3.05) is 31.0 Å². The minimum Gasteiger partial charge on any atom is -0.493 e. The highest BCUT2D eigenvalue weighted by Crippen LogP contribution is 2.35. The summed E-state index contributed by atoms with van der Waals surface area (Å²) < 4.78 is 37.0. The maximum atomic E-state index is 13.7. The number of sulfone groups is 1. The molecule has 0 saturated carbocycles. The molecule has 10 heteroatoms. The van der Waals surface area contributed by atoms with Crippen LogP contribution in [0.4, 0.5) is 5.69 Å². The highest BCUT2D eigenvalue weighted by atomic mass is 32.2. The van der Waals surface area contributed by atoms with E-state index < -0.39 is 9.84 Å². The normalized spacial score (nSPS) is 16.5. The van der Waals surface area contributed by atoms with Gasteiger partial charge in [0.2, 0.25) is 0 Å². The number of methoxy groups -OCH3 is 2. The molecule has 0 spiro atoms. The quantitative estimate of drug-likeness (QED) is 0.383. The second-order valence-corrected chi connectivity index (χ2v) is 11.9. The molecule has 1 N–H and O–H groups in total. The summed E-state index contributed by atoms with van der Waals surface area (Å²) in [6, 6.07) is 12.6. The number of amides is 1. The maximum Gasteiger partial charge on any atom is 0.256 e. The first-order valence-corrected chi connectivity index (χ1v) is 14.1. The first kappa shape index (κ1) is 25.7. The number of hydrogen-bond acceptors (Lipinski definition) is 7. The van der Waals surface area contributed by atoms with Gasteiger partial charge in [0, 0.05) is 11.3 Å². The van der Waals surface area contributed by atoms with Crippen LogP contribution in [0.25, 0.3) is 22.3 Å². The van der Waals surface area contributed by atoms with Crippen molar-refractivity contribution in [3.8, 4) is 22.8 Å². The Morgan fingerprint density at radius 2 is 1.76 bits per heavy atom. The third-order valence-electron chi connectivity index (χ3n) is 7.08. The molecular weight excluding hydrogens is 504 g/mol. The van der Waals surface area contributed by atoms with E-state index in [1.807, 2.05) is 45.0 Å². The molecular formula is C28H30N4O5S. The van der Waals surface area contributed by atoms with Crippen molar-refractivity contribution < 1.29 is 22.7 Å². The molecule has 0 bridgehead atoms. The summed E-state index contributed by atoms with van der Waals surface area (Å²) >= 11 is 0. The zero-order valence-corrected chi connectivity index (χ0v) is 22.8. The van der Waals surface area contributed by atoms with Gasteiger partial charge in [-0.25, -0.2) is 18.1 Å². The van der Waals surface area contributed by atoms with Crippen LogP contribution in [0.5, 0.6) is 11.5 Å². The van der Waals surface area contributed by atoms with E-state index in [0.717, 1.165) is 11.1 Å². The van der Waals surface area contributed by atoms with E-state index in [-0.39, 0.29) is 23.5 Å². The standard InChI is InChI=1S/C28H30N4O5S/c1-16-6-8-20(12-17(16)2)29-28(33)22-14-23(19-7-9-24(36-4)25(13-19)37-5)30-27-26(22)18(3)31-32(27)21-10-11-38(34,35)15-21/h6-9,12-14,21H,10-11,15H2,1-5H3,(H,29,33). The van der Waals surface area contributed by atoms with Crippen LogP contribution in [0.15, 0.2) is 42.5 Å². The zero-order chi connectivity index (χ0) is 27.2. The fourth-order valence-electron chi connectivity index (χ4n) is 4.88. The monoisotopic (exact) mass is 534 g/mol. The van der Waals surface area contributed by atoms with Crippen LogP contribution < -0.4 is 14.8 Å². The van der Waals surface area contributed by atoms with Gasteiger partial charge in [0.05, 0.1) is 54.1 Å². The van der Waals surface area contributed by atoms with E-state index >= 15 is 0 Å².